The Morgan fingerprint density at radius 1 is 0.949 bits per heavy atom. The van der Waals surface area contributed by atoms with Gasteiger partial charge in [-0.15, -0.1) is 15.0 Å². The fraction of sp³-hybridized carbons (Fsp3) is 0.233. The van der Waals surface area contributed by atoms with Crippen molar-refractivity contribution in [2.45, 2.75) is 26.7 Å². The third-order valence-electron chi connectivity index (χ3n) is 7.52. The molecule has 1 aliphatic heterocycles. The topological polar surface area (TPSA) is 106 Å². The number of carbonyl (C=O) groups excluding carboxylic acids is 1. The van der Waals surface area contributed by atoms with Gasteiger partial charge in [0, 0.05) is 35.8 Å². The highest BCUT2D eigenvalue weighted by molar-refractivity contribution is 6.06. The molecule has 0 aliphatic carbocycles. The second-order valence-corrected chi connectivity index (χ2v) is 10.2. The highest BCUT2D eigenvalue weighted by atomic mass is 16.6. The zero-order chi connectivity index (χ0) is 27.1. The van der Waals surface area contributed by atoms with Crippen molar-refractivity contribution in [3.8, 4) is 5.69 Å². The molecule has 39 heavy (non-hydrogen) atoms. The molecule has 9 nitrogen and oxygen atoms in total. The van der Waals surface area contributed by atoms with Crippen molar-refractivity contribution >= 4 is 44.8 Å². The van der Waals surface area contributed by atoms with Crippen molar-refractivity contribution in [3.63, 3.8) is 0 Å². The smallest absolute Gasteiger partial charge is 0.293 e. The number of nitro groups is 1. The number of fused-ring (bicyclic) bond motifs is 2. The summed E-state index contributed by atoms with van der Waals surface area (Å²) in [5, 5.41) is 26.3. The van der Waals surface area contributed by atoms with Gasteiger partial charge in [0.05, 0.1) is 10.6 Å². The first-order valence-corrected chi connectivity index (χ1v) is 13.1. The van der Waals surface area contributed by atoms with Crippen molar-refractivity contribution in [3.05, 3.63) is 94.0 Å². The Balaban J connectivity index is 1.29. The Morgan fingerprint density at radius 2 is 1.67 bits per heavy atom. The molecule has 6 rings (SSSR count). The molecule has 0 unspecified atom stereocenters. The van der Waals surface area contributed by atoms with Gasteiger partial charge in [-0.05, 0) is 67.0 Å². The number of carbonyl (C=O) groups is 1. The van der Waals surface area contributed by atoms with E-state index in [0.29, 0.717) is 28.3 Å². The van der Waals surface area contributed by atoms with Crippen molar-refractivity contribution in [1.82, 2.24) is 15.0 Å². The van der Waals surface area contributed by atoms with Crippen molar-refractivity contribution in [2.75, 3.05) is 23.3 Å². The van der Waals surface area contributed by atoms with Gasteiger partial charge in [-0.3, -0.25) is 14.9 Å². The number of nitro benzene ring substituents is 1. The number of aryl methyl sites for hydroxylation is 1. The molecule has 1 aromatic heterocycles. The maximum atomic E-state index is 13.2. The fourth-order valence-electron chi connectivity index (χ4n) is 5.22. The normalized spacial score (nSPS) is 14.2. The highest BCUT2D eigenvalue weighted by Crippen LogP contribution is 2.33. The zero-order valence-corrected chi connectivity index (χ0v) is 21.8. The summed E-state index contributed by atoms with van der Waals surface area (Å²) in [6, 6.07) is 22.4. The lowest BCUT2D eigenvalue weighted by molar-refractivity contribution is -0.384. The molecule has 1 N–H and O–H groups in total. The van der Waals surface area contributed by atoms with Crippen LogP contribution in [0.4, 0.5) is 17.1 Å². The van der Waals surface area contributed by atoms with E-state index in [4.69, 9.17) is 0 Å². The molecule has 0 radical (unpaired) electrons. The predicted octanol–water partition coefficient (Wildman–Crippen LogP) is 6.28. The molecule has 0 spiro atoms. The fourth-order valence-corrected chi connectivity index (χ4v) is 5.22. The van der Waals surface area contributed by atoms with E-state index in [1.165, 1.54) is 6.07 Å². The number of anilines is 2. The van der Waals surface area contributed by atoms with Crippen molar-refractivity contribution < 1.29 is 9.72 Å². The van der Waals surface area contributed by atoms with E-state index < -0.39 is 10.8 Å². The quantitative estimate of drug-likeness (QED) is 0.216. The van der Waals surface area contributed by atoms with Gasteiger partial charge in [0.15, 0.2) is 0 Å². The van der Waals surface area contributed by atoms with Gasteiger partial charge in [0.25, 0.3) is 11.6 Å². The number of nitrogens with zero attached hydrogens (tertiary/aromatic N) is 5. The molecule has 0 saturated carbocycles. The van der Waals surface area contributed by atoms with Crippen molar-refractivity contribution in [2.24, 2.45) is 5.92 Å². The lowest BCUT2D eigenvalue weighted by atomic mass is 9.98. The van der Waals surface area contributed by atoms with E-state index in [9.17, 15) is 14.9 Å². The predicted molar refractivity (Wildman–Crippen MR) is 153 cm³/mol. The minimum Gasteiger partial charge on any atom is -0.366 e. The van der Waals surface area contributed by atoms with Gasteiger partial charge in [0.2, 0.25) is 0 Å². The summed E-state index contributed by atoms with van der Waals surface area (Å²) in [6.07, 6.45) is 1.98. The average molecular weight is 521 g/mol. The Morgan fingerprint density at radius 3 is 2.44 bits per heavy atom. The number of piperidine rings is 1. The second kappa shape index (κ2) is 9.83. The number of hydrogen-bond donors (Lipinski definition) is 1. The molecule has 2 heterocycles. The van der Waals surface area contributed by atoms with Crippen LogP contribution < -0.4 is 10.2 Å². The van der Waals surface area contributed by atoms with Gasteiger partial charge < -0.3 is 10.2 Å². The first-order chi connectivity index (χ1) is 18.9. The highest BCUT2D eigenvalue weighted by Gasteiger charge is 2.25. The van der Waals surface area contributed by atoms with Crippen LogP contribution in [0.2, 0.25) is 0 Å². The van der Waals surface area contributed by atoms with Gasteiger partial charge in [-0.25, -0.2) is 0 Å². The Kier molecular flexibility index (Phi) is 6.18. The lowest BCUT2D eigenvalue weighted by Gasteiger charge is -2.31. The summed E-state index contributed by atoms with van der Waals surface area (Å²) in [4.78, 5) is 28.3. The maximum Gasteiger partial charge on any atom is 0.293 e. The summed E-state index contributed by atoms with van der Waals surface area (Å²) in [6.45, 7) is 5.62. The molecule has 1 fully saturated rings. The van der Waals surface area contributed by atoms with Crippen molar-refractivity contribution in [1.29, 1.82) is 0 Å². The molecule has 0 bridgehead atoms. The molecule has 1 aliphatic rings. The van der Waals surface area contributed by atoms with Gasteiger partial charge in [-0.2, -0.15) is 0 Å². The zero-order valence-electron chi connectivity index (χ0n) is 21.8. The van der Waals surface area contributed by atoms with Gasteiger partial charge in [-0.1, -0.05) is 43.3 Å². The Labute approximate surface area is 225 Å². The Hall–Kier alpha value is -4.79. The molecule has 196 valence electrons. The van der Waals surface area contributed by atoms with E-state index in [1.54, 1.807) is 23.0 Å². The number of amides is 1. The van der Waals surface area contributed by atoms with E-state index in [1.807, 2.05) is 60.4 Å². The number of aromatic nitrogens is 3. The molecule has 9 heteroatoms. The lowest BCUT2D eigenvalue weighted by Crippen LogP contribution is -2.33. The molecule has 1 amide bonds. The summed E-state index contributed by atoms with van der Waals surface area (Å²) in [5.74, 6) is 0.195. The standard InChI is InChI=1S/C30H28N6O3/c1-19-12-14-34(15-13-19)28-11-10-22(17-29(28)36(38)39)30(37)31-24-18-26-25(16-20(24)2)32-35(33-26)27-9-5-7-21-6-3-4-8-23(21)27/h3-11,16-19H,12-15H2,1-2H3,(H,31,37). The van der Waals surface area contributed by atoms with E-state index in [0.717, 1.165) is 48.0 Å². The first-order valence-electron chi connectivity index (χ1n) is 13.1. The van der Waals surface area contributed by atoms with E-state index >= 15 is 0 Å². The number of rotatable bonds is 5. The SMILES string of the molecule is Cc1cc2nn(-c3cccc4ccccc34)nc2cc1NC(=O)c1ccc(N2CCC(C)CC2)c([N+](=O)[O-])c1. The van der Waals surface area contributed by atoms with Gasteiger partial charge in [0.1, 0.15) is 16.7 Å². The number of nitrogens with one attached hydrogen (secondary N) is 1. The van der Waals surface area contributed by atoms with Crippen LogP contribution in [0.1, 0.15) is 35.7 Å². The van der Waals surface area contributed by atoms with Crippen LogP contribution in [0.15, 0.2) is 72.8 Å². The molecule has 0 atom stereocenters. The molecular weight excluding hydrogens is 492 g/mol. The van der Waals surface area contributed by atoms with E-state index in [2.05, 4.69) is 22.4 Å². The third-order valence-corrected chi connectivity index (χ3v) is 7.52. The second-order valence-electron chi connectivity index (χ2n) is 10.2. The number of hydrogen-bond acceptors (Lipinski definition) is 6. The van der Waals surface area contributed by atoms with Crippen LogP contribution in [0, 0.1) is 23.0 Å². The average Bonchev–Trinajstić information content (AvgIpc) is 3.35. The van der Waals surface area contributed by atoms with E-state index in [-0.39, 0.29) is 11.3 Å². The van der Waals surface area contributed by atoms with Gasteiger partial charge >= 0.3 is 0 Å². The minimum atomic E-state index is -0.416. The minimum absolute atomic E-state index is 0.0533. The van der Waals surface area contributed by atoms with Crippen LogP contribution in [0.3, 0.4) is 0 Å². The third kappa shape index (κ3) is 4.67. The summed E-state index contributed by atoms with van der Waals surface area (Å²) in [7, 11) is 0. The monoisotopic (exact) mass is 520 g/mol. The summed E-state index contributed by atoms with van der Waals surface area (Å²) < 4.78 is 0. The maximum absolute atomic E-state index is 13.2. The first kappa shape index (κ1) is 24.5. The molecular formula is C30H28N6O3. The van der Waals surface area contributed by atoms with Crippen LogP contribution >= 0.6 is 0 Å². The summed E-state index contributed by atoms with van der Waals surface area (Å²) in [5.41, 5.74) is 4.33. The van der Waals surface area contributed by atoms with Crippen LogP contribution in [-0.2, 0) is 0 Å². The van der Waals surface area contributed by atoms with Crippen LogP contribution in [0.25, 0.3) is 27.5 Å². The molecule has 1 saturated heterocycles. The summed E-state index contributed by atoms with van der Waals surface area (Å²) >= 11 is 0. The molecule has 5 aromatic rings. The largest absolute Gasteiger partial charge is 0.366 e. The van der Waals surface area contributed by atoms with Crippen LogP contribution in [0.5, 0.6) is 0 Å². The molecule has 4 aromatic carbocycles. The van der Waals surface area contributed by atoms with Crippen LogP contribution in [-0.4, -0.2) is 38.9 Å². The number of benzene rings is 4. The Bertz CT molecular complexity index is 1730.